The number of fused-ring (bicyclic) bond motifs is 1. The van der Waals surface area contributed by atoms with Crippen LogP contribution in [0.3, 0.4) is 0 Å². The molecule has 3 heterocycles. The lowest BCUT2D eigenvalue weighted by atomic mass is 10.0. The largest absolute Gasteiger partial charge is 0.496 e. The lowest BCUT2D eigenvalue weighted by Gasteiger charge is -2.25. The van der Waals surface area contributed by atoms with Gasteiger partial charge in [-0.1, -0.05) is 23.2 Å². The molecule has 0 spiro atoms. The number of halogens is 2. The Labute approximate surface area is 225 Å². The van der Waals surface area contributed by atoms with Crippen molar-refractivity contribution in [2.24, 2.45) is 0 Å². The van der Waals surface area contributed by atoms with Gasteiger partial charge < -0.3 is 23.9 Å². The minimum atomic E-state index is -0.632. The molecule has 2 aromatic heterocycles. The summed E-state index contributed by atoms with van der Waals surface area (Å²) in [6.45, 7) is 1.92. The van der Waals surface area contributed by atoms with Crippen LogP contribution in [0.4, 0.5) is 11.4 Å². The monoisotopic (exact) mass is 539 g/mol. The Hall–Kier alpha value is -3.48. The summed E-state index contributed by atoms with van der Waals surface area (Å²) in [7, 11) is 3.08. The highest BCUT2D eigenvalue weighted by Gasteiger charge is 2.19. The van der Waals surface area contributed by atoms with E-state index in [0.717, 1.165) is 11.1 Å². The van der Waals surface area contributed by atoms with Gasteiger partial charge in [-0.25, -0.2) is 0 Å². The van der Waals surface area contributed by atoms with Crippen molar-refractivity contribution in [2.75, 3.05) is 45.8 Å². The number of pyridine rings is 1. The summed E-state index contributed by atoms with van der Waals surface area (Å²) in [5, 5.41) is 14.5. The van der Waals surface area contributed by atoms with Crippen molar-refractivity contribution in [1.82, 2.24) is 9.88 Å². The predicted molar refractivity (Wildman–Crippen MR) is 143 cm³/mol. The van der Waals surface area contributed by atoms with Crippen LogP contribution in [0.25, 0.3) is 22.0 Å². The van der Waals surface area contributed by atoms with Crippen LogP contribution in [0.15, 0.2) is 47.2 Å². The van der Waals surface area contributed by atoms with Gasteiger partial charge in [0.2, 0.25) is 0 Å². The Kier molecular flexibility index (Phi) is 7.02. The van der Waals surface area contributed by atoms with Crippen LogP contribution in [-0.2, 0) is 11.3 Å². The Morgan fingerprint density at radius 3 is 2.62 bits per heavy atom. The first-order valence-electron chi connectivity index (χ1n) is 12.0. The van der Waals surface area contributed by atoms with Gasteiger partial charge in [0.15, 0.2) is 0 Å². The van der Waals surface area contributed by atoms with Gasteiger partial charge in [-0.2, -0.15) is 5.26 Å². The van der Waals surface area contributed by atoms with Crippen LogP contribution in [0.5, 0.6) is 11.5 Å². The minimum Gasteiger partial charge on any atom is -0.496 e. The number of nitriles is 1. The fourth-order valence-corrected chi connectivity index (χ4v) is 4.70. The Bertz CT molecular complexity index is 1530. The van der Waals surface area contributed by atoms with Gasteiger partial charge in [-0.3, -0.25) is 9.88 Å². The number of benzene rings is 2. The predicted octanol–water partition coefficient (Wildman–Crippen LogP) is 6.27. The zero-order valence-electron chi connectivity index (χ0n) is 21.2. The molecule has 0 saturated carbocycles. The normalized spacial score (nSPS) is 15.2. The molecule has 1 aliphatic rings. The smallest absolute Gasteiger partial charge is 0.139 e. The maximum atomic E-state index is 9.81. The van der Waals surface area contributed by atoms with Crippen molar-refractivity contribution < 1.29 is 20.0 Å². The SMILES string of the molecule is [2H]C(c1cc(-c2cc3ncc(C#N)c(Nc4cc(OC)c(Cl)cc4Cl)c3cc2OC)co1)N1CCOCC1. The van der Waals surface area contributed by atoms with E-state index in [1.165, 1.54) is 13.3 Å². The van der Waals surface area contributed by atoms with E-state index in [-0.39, 0.29) is 0 Å². The number of furan rings is 1. The number of aromatic nitrogens is 1. The Balaban J connectivity index is 1.56. The fourth-order valence-electron chi connectivity index (χ4n) is 4.20. The number of nitrogens with one attached hydrogen (secondary N) is 1. The minimum absolute atomic E-state index is 0.324. The average Bonchev–Trinajstić information content (AvgIpc) is 3.44. The molecule has 1 aliphatic heterocycles. The molecule has 1 fully saturated rings. The van der Waals surface area contributed by atoms with Crippen molar-refractivity contribution in [3.8, 4) is 28.7 Å². The summed E-state index contributed by atoms with van der Waals surface area (Å²) in [5.41, 5.74) is 3.49. The topological polar surface area (TPSA) is 92.8 Å². The molecule has 0 amide bonds. The lowest BCUT2D eigenvalue weighted by Crippen LogP contribution is -2.35. The third kappa shape index (κ3) is 5.17. The van der Waals surface area contributed by atoms with Crippen molar-refractivity contribution >= 4 is 45.5 Å². The number of nitrogens with zero attached hydrogens (tertiary/aromatic N) is 3. The first-order valence-corrected chi connectivity index (χ1v) is 12.2. The van der Waals surface area contributed by atoms with E-state index in [1.807, 2.05) is 23.1 Å². The van der Waals surface area contributed by atoms with Crippen LogP contribution in [-0.4, -0.2) is 50.4 Å². The molecule has 190 valence electrons. The highest BCUT2D eigenvalue weighted by molar-refractivity contribution is 6.37. The average molecular weight is 540 g/mol. The van der Waals surface area contributed by atoms with Gasteiger partial charge >= 0.3 is 0 Å². The summed E-state index contributed by atoms with van der Waals surface area (Å²) in [4.78, 5) is 6.52. The maximum Gasteiger partial charge on any atom is 0.139 e. The molecule has 4 aromatic rings. The van der Waals surface area contributed by atoms with Crippen LogP contribution in [0.1, 0.15) is 12.7 Å². The Morgan fingerprint density at radius 2 is 1.89 bits per heavy atom. The van der Waals surface area contributed by atoms with Crippen molar-refractivity contribution in [1.29, 1.82) is 5.26 Å². The van der Waals surface area contributed by atoms with Gasteiger partial charge in [0.25, 0.3) is 0 Å². The summed E-state index contributed by atoms with van der Waals surface area (Å²) in [6.07, 6.45) is 3.12. The number of rotatable bonds is 7. The van der Waals surface area contributed by atoms with Crippen LogP contribution < -0.4 is 14.8 Å². The molecule has 8 nitrogen and oxygen atoms in total. The van der Waals surface area contributed by atoms with Crippen LogP contribution in [0, 0.1) is 11.3 Å². The molecule has 0 radical (unpaired) electrons. The zero-order valence-corrected chi connectivity index (χ0v) is 21.7. The molecule has 1 N–H and O–H groups in total. The van der Waals surface area contributed by atoms with Crippen molar-refractivity contribution in [3.05, 3.63) is 64.2 Å². The number of hydrogen-bond acceptors (Lipinski definition) is 8. The molecular formula is C27H24Cl2N4O4. The third-order valence-corrected chi connectivity index (χ3v) is 6.71. The van der Waals surface area contributed by atoms with E-state index in [9.17, 15) is 5.26 Å². The summed E-state index contributed by atoms with van der Waals surface area (Å²) in [6, 6.07) is 11.0. The molecule has 1 saturated heterocycles. The van der Waals surface area contributed by atoms with Crippen molar-refractivity contribution in [3.63, 3.8) is 0 Å². The van der Waals surface area contributed by atoms with Crippen LogP contribution in [0.2, 0.25) is 10.0 Å². The maximum absolute atomic E-state index is 9.81. The molecule has 37 heavy (non-hydrogen) atoms. The first-order chi connectivity index (χ1) is 18.4. The highest BCUT2D eigenvalue weighted by atomic mass is 35.5. The lowest BCUT2D eigenvalue weighted by molar-refractivity contribution is 0.0313. The number of methoxy groups -OCH3 is 2. The van der Waals surface area contributed by atoms with E-state index in [1.54, 1.807) is 25.5 Å². The number of anilines is 2. The number of hydrogen-bond donors (Lipinski definition) is 1. The third-order valence-electron chi connectivity index (χ3n) is 6.10. The summed E-state index contributed by atoms with van der Waals surface area (Å²) in [5.74, 6) is 1.53. The fraction of sp³-hybridized carbons (Fsp3) is 0.259. The van der Waals surface area contributed by atoms with E-state index < -0.39 is 6.52 Å². The summed E-state index contributed by atoms with van der Waals surface area (Å²) < 4.78 is 30.9. The van der Waals surface area contributed by atoms with Gasteiger partial charge in [0.05, 0.1) is 74.1 Å². The number of ether oxygens (including phenoxy) is 3. The van der Waals surface area contributed by atoms with Gasteiger partial charge in [-0.15, -0.1) is 0 Å². The highest BCUT2D eigenvalue weighted by Crippen LogP contribution is 2.41. The zero-order chi connectivity index (χ0) is 26.8. The summed E-state index contributed by atoms with van der Waals surface area (Å²) >= 11 is 12.6. The molecule has 0 aliphatic carbocycles. The molecule has 1 atom stereocenters. The molecule has 2 aromatic carbocycles. The van der Waals surface area contributed by atoms with Crippen LogP contribution >= 0.6 is 23.2 Å². The van der Waals surface area contributed by atoms with E-state index in [4.69, 9.17) is 43.2 Å². The second kappa shape index (κ2) is 10.9. The van der Waals surface area contributed by atoms with E-state index >= 15 is 0 Å². The Morgan fingerprint density at radius 1 is 1.11 bits per heavy atom. The molecule has 0 bridgehead atoms. The van der Waals surface area contributed by atoms with Crippen molar-refractivity contribution in [2.45, 2.75) is 6.52 Å². The second-order valence-electron chi connectivity index (χ2n) is 8.34. The standard InChI is InChI=1S/C27H24Cl2N4O4/c1-34-25-9-20-23(8-19(25)16-7-18(37-15-16)14-33-3-5-36-6-4-33)31-13-17(12-30)27(20)32-24-11-26(35-2)22(29)10-21(24)28/h7-11,13,15H,3-6,14H2,1-2H3,(H,31,32)/i14D. The van der Waals surface area contributed by atoms with Gasteiger partial charge in [-0.05, 0) is 24.3 Å². The molecule has 5 rings (SSSR count). The molecule has 1 unspecified atom stereocenters. The van der Waals surface area contributed by atoms with E-state index in [2.05, 4.69) is 16.4 Å². The molecule has 10 heteroatoms. The quantitative estimate of drug-likeness (QED) is 0.294. The number of morpholine rings is 1. The molecular weight excluding hydrogens is 515 g/mol. The second-order valence-corrected chi connectivity index (χ2v) is 9.15. The van der Waals surface area contributed by atoms with Gasteiger partial charge in [0.1, 0.15) is 23.3 Å². The first kappa shape index (κ1) is 23.9. The van der Waals surface area contributed by atoms with Gasteiger partial charge in [0, 0.05) is 41.9 Å². The van der Waals surface area contributed by atoms with E-state index in [0.29, 0.717) is 81.4 Å².